The molecule has 0 aliphatic carbocycles. The lowest BCUT2D eigenvalue weighted by molar-refractivity contribution is 0.0697. The average Bonchev–Trinajstić information content (AvgIpc) is 2.29. The predicted octanol–water partition coefficient (Wildman–Crippen LogP) is 2.26. The summed E-state index contributed by atoms with van der Waals surface area (Å²) in [5.74, 6) is 0.903. The van der Waals surface area contributed by atoms with Crippen molar-refractivity contribution in [3.05, 3.63) is 29.6 Å². The first-order valence-electron chi connectivity index (χ1n) is 5.89. The Kier molecular flexibility index (Phi) is 3.22. The molecule has 86 valence electrons. The van der Waals surface area contributed by atoms with E-state index in [1.54, 1.807) is 12.3 Å². The maximum Gasteiger partial charge on any atom is 0.253 e. The minimum Gasteiger partial charge on any atom is -0.339 e. The molecule has 3 heteroatoms. The van der Waals surface area contributed by atoms with Crippen LogP contribution in [0.1, 0.15) is 35.8 Å². The van der Waals surface area contributed by atoms with Crippen LogP contribution >= 0.6 is 0 Å². The second-order valence-corrected chi connectivity index (χ2v) is 4.66. The number of hydrogen-bond donors (Lipinski definition) is 0. The third-order valence-electron chi connectivity index (χ3n) is 3.21. The fraction of sp³-hybridized carbons (Fsp3) is 0.538. The van der Waals surface area contributed by atoms with Gasteiger partial charge < -0.3 is 4.90 Å². The van der Waals surface area contributed by atoms with Crippen molar-refractivity contribution in [1.82, 2.24) is 9.88 Å². The quantitative estimate of drug-likeness (QED) is 0.724. The van der Waals surface area contributed by atoms with E-state index in [-0.39, 0.29) is 5.91 Å². The first-order valence-corrected chi connectivity index (χ1v) is 5.89. The highest BCUT2D eigenvalue weighted by molar-refractivity contribution is 5.94. The summed E-state index contributed by atoms with van der Waals surface area (Å²) in [6.07, 6.45) is 3.95. The number of amides is 1. The molecule has 0 bridgehead atoms. The van der Waals surface area contributed by atoms with Gasteiger partial charge in [-0.1, -0.05) is 6.92 Å². The van der Waals surface area contributed by atoms with Crippen molar-refractivity contribution >= 4 is 5.91 Å². The average molecular weight is 218 g/mol. The van der Waals surface area contributed by atoms with Crippen LogP contribution in [0.15, 0.2) is 18.3 Å². The molecule has 0 unspecified atom stereocenters. The fourth-order valence-electron chi connectivity index (χ4n) is 2.07. The van der Waals surface area contributed by atoms with E-state index in [0.717, 1.165) is 43.1 Å². The third-order valence-corrected chi connectivity index (χ3v) is 3.21. The van der Waals surface area contributed by atoms with Gasteiger partial charge in [0.15, 0.2) is 0 Å². The Balaban J connectivity index is 2.08. The van der Waals surface area contributed by atoms with E-state index in [9.17, 15) is 4.79 Å². The zero-order valence-corrected chi connectivity index (χ0v) is 9.94. The van der Waals surface area contributed by atoms with Gasteiger partial charge in [0.05, 0.1) is 0 Å². The summed E-state index contributed by atoms with van der Waals surface area (Å²) in [5, 5.41) is 0. The highest BCUT2D eigenvalue weighted by Gasteiger charge is 2.21. The Bertz CT molecular complexity index is 381. The Morgan fingerprint density at radius 1 is 1.44 bits per heavy atom. The number of rotatable bonds is 1. The number of piperidine rings is 1. The molecule has 1 aromatic heterocycles. The molecule has 1 saturated heterocycles. The van der Waals surface area contributed by atoms with Crippen molar-refractivity contribution in [1.29, 1.82) is 0 Å². The second kappa shape index (κ2) is 4.64. The van der Waals surface area contributed by atoms with Crippen molar-refractivity contribution in [2.45, 2.75) is 26.7 Å². The van der Waals surface area contributed by atoms with E-state index in [4.69, 9.17) is 0 Å². The molecule has 2 heterocycles. The Labute approximate surface area is 96.5 Å². The predicted molar refractivity (Wildman–Crippen MR) is 63.3 cm³/mol. The van der Waals surface area contributed by atoms with Crippen LogP contribution in [-0.4, -0.2) is 28.9 Å². The zero-order chi connectivity index (χ0) is 11.5. The number of carbonyl (C=O) groups is 1. The van der Waals surface area contributed by atoms with Crippen molar-refractivity contribution in [2.75, 3.05) is 13.1 Å². The van der Waals surface area contributed by atoms with Crippen molar-refractivity contribution in [3.8, 4) is 0 Å². The number of pyridine rings is 1. The van der Waals surface area contributed by atoms with E-state index in [1.165, 1.54) is 0 Å². The van der Waals surface area contributed by atoms with E-state index < -0.39 is 0 Å². The van der Waals surface area contributed by atoms with Crippen LogP contribution in [0.2, 0.25) is 0 Å². The molecule has 1 fully saturated rings. The van der Waals surface area contributed by atoms with Gasteiger partial charge in [0.2, 0.25) is 0 Å². The molecule has 0 radical (unpaired) electrons. The van der Waals surface area contributed by atoms with Crippen molar-refractivity contribution in [3.63, 3.8) is 0 Å². The molecule has 1 aromatic rings. The molecule has 3 nitrogen and oxygen atoms in total. The Hall–Kier alpha value is -1.38. The van der Waals surface area contributed by atoms with Crippen molar-refractivity contribution < 1.29 is 4.79 Å². The molecule has 0 aromatic carbocycles. The summed E-state index contributed by atoms with van der Waals surface area (Å²) in [5.41, 5.74) is 1.67. The van der Waals surface area contributed by atoms with Crippen LogP contribution in [0.5, 0.6) is 0 Å². The van der Waals surface area contributed by atoms with Crippen LogP contribution in [0.25, 0.3) is 0 Å². The highest BCUT2D eigenvalue weighted by Crippen LogP contribution is 2.18. The zero-order valence-electron chi connectivity index (χ0n) is 9.94. The van der Waals surface area contributed by atoms with E-state index in [1.807, 2.05) is 17.9 Å². The normalized spacial score (nSPS) is 17.5. The summed E-state index contributed by atoms with van der Waals surface area (Å²) >= 11 is 0. The highest BCUT2D eigenvalue weighted by atomic mass is 16.2. The van der Waals surface area contributed by atoms with Gasteiger partial charge in [-0.05, 0) is 37.8 Å². The van der Waals surface area contributed by atoms with Gasteiger partial charge in [0.1, 0.15) is 0 Å². The number of aryl methyl sites for hydroxylation is 1. The first kappa shape index (κ1) is 11.1. The van der Waals surface area contributed by atoms with Crippen LogP contribution in [0, 0.1) is 12.8 Å². The number of likely N-dealkylation sites (tertiary alicyclic amines) is 1. The van der Waals surface area contributed by atoms with Gasteiger partial charge in [-0.25, -0.2) is 0 Å². The van der Waals surface area contributed by atoms with E-state index in [2.05, 4.69) is 11.9 Å². The van der Waals surface area contributed by atoms with Crippen molar-refractivity contribution in [2.24, 2.45) is 5.92 Å². The van der Waals surface area contributed by atoms with Gasteiger partial charge in [0.25, 0.3) is 5.91 Å². The topological polar surface area (TPSA) is 33.2 Å². The Morgan fingerprint density at radius 3 is 2.75 bits per heavy atom. The standard InChI is InChI=1S/C13H18N2O/c1-10-4-7-15(8-5-10)13(16)12-3-6-14-11(2)9-12/h3,6,9-10H,4-5,7-8H2,1-2H3. The fourth-order valence-corrected chi connectivity index (χ4v) is 2.07. The summed E-state index contributed by atoms with van der Waals surface area (Å²) < 4.78 is 0. The van der Waals surface area contributed by atoms with Gasteiger partial charge in [-0.2, -0.15) is 0 Å². The molecule has 0 spiro atoms. The third kappa shape index (κ3) is 2.40. The van der Waals surface area contributed by atoms with Gasteiger partial charge >= 0.3 is 0 Å². The van der Waals surface area contributed by atoms with E-state index in [0.29, 0.717) is 0 Å². The molecule has 0 atom stereocenters. The minimum absolute atomic E-state index is 0.150. The number of aromatic nitrogens is 1. The van der Waals surface area contributed by atoms with E-state index >= 15 is 0 Å². The smallest absolute Gasteiger partial charge is 0.253 e. The van der Waals surface area contributed by atoms with Crippen LogP contribution in [-0.2, 0) is 0 Å². The number of hydrogen-bond acceptors (Lipinski definition) is 2. The van der Waals surface area contributed by atoms with Crippen LogP contribution in [0.3, 0.4) is 0 Å². The molecule has 1 aliphatic rings. The molecule has 16 heavy (non-hydrogen) atoms. The molecular weight excluding hydrogens is 200 g/mol. The molecular formula is C13H18N2O. The lowest BCUT2D eigenvalue weighted by Crippen LogP contribution is -2.37. The second-order valence-electron chi connectivity index (χ2n) is 4.66. The summed E-state index contributed by atoms with van der Waals surface area (Å²) in [6.45, 7) is 5.94. The molecule has 1 aliphatic heterocycles. The molecule has 2 rings (SSSR count). The maximum absolute atomic E-state index is 12.2. The molecule has 0 saturated carbocycles. The summed E-state index contributed by atoms with van der Waals surface area (Å²) in [4.78, 5) is 18.2. The van der Waals surface area contributed by atoms with Gasteiger partial charge in [0, 0.05) is 30.5 Å². The lowest BCUT2D eigenvalue weighted by Gasteiger charge is -2.30. The largest absolute Gasteiger partial charge is 0.339 e. The van der Waals surface area contributed by atoms with Crippen LogP contribution in [0.4, 0.5) is 0 Å². The Morgan fingerprint density at radius 2 is 2.12 bits per heavy atom. The van der Waals surface area contributed by atoms with Gasteiger partial charge in [-0.3, -0.25) is 9.78 Å². The van der Waals surface area contributed by atoms with Gasteiger partial charge in [-0.15, -0.1) is 0 Å². The minimum atomic E-state index is 0.150. The first-order chi connectivity index (χ1) is 7.66. The summed E-state index contributed by atoms with van der Waals surface area (Å²) in [7, 11) is 0. The summed E-state index contributed by atoms with van der Waals surface area (Å²) in [6, 6.07) is 3.66. The SMILES string of the molecule is Cc1cc(C(=O)N2CCC(C)CC2)ccn1. The monoisotopic (exact) mass is 218 g/mol. The molecule has 0 N–H and O–H groups in total. The maximum atomic E-state index is 12.2. The lowest BCUT2D eigenvalue weighted by atomic mass is 9.99. The van der Waals surface area contributed by atoms with Crippen LogP contribution < -0.4 is 0 Å². The molecule has 1 amide bonds. The number of carbonyl (C=O) groups excluding carboxylic acids is 1. The number of nitrogens with zero attached hydrogens (tertiary/aromatic N) is 2.